The number of fused-ring (bicyclic) bond motifs is 7. The summed E-state index contributed by atoms with van der Waals surface area (Å²) in [5.74, 6) is 2.66. The van der Waals surface area contributed by atoms with Gasteiger partial charge < -0.3 is 18.6 Å². The second-order valence-corrected chi connectivity index (χ2v) is 11.1. The molecule has 6 rings (SSSR count). The van der Waals surface area contributed by atoms with E-state index >= 15 is 0 Å². The third kappa shape index (κ3) is 5.24. The summed E-state index contributed by atoms with van der Waals surface area (Å²) in [5.41, 5.74) is 7.85. The SMILES string of the molecule is CCCOc1c2cccc1Cc1ccc3c(cc4c(=O)c(cccn43)Cc3cccc(c3OCCC)C2)c1OCCC. The molecule has 1 aliphatic rings. The van der Waals surface area contributed by atoms with E-state index in [1.54, 1.807) is 0 Å². The number of benzene rings is 3. The van der Waals surface area contributed by atoms with Crippen LogP contribution in [0.2, 0.25) is 0 Å². The van der Waals surface area contributed by atoms with Gasteiger partial charge in [-0.05, 0) is 65.3 Å². The van der Waals surface area contributed by atoms with E-state index in [4.69, 9.17) is 14.2 Å². The Hall–Kier alpha value is -4.25. The summed E-state index contributed by atoms with van der Waals surface area (Å²) in [5, 5.41) is 0.962. The fourth-order valence-electron chi connectivity index (χ4n) is 6.02. The van der Waals surface area contributed by atoms with Gasteiger partial charge in [-0.25, -0.2) is 0 Å². The molecule has 0 saturated carbocycles. The Morgan fingerprint density at radius 1 is 0.571 bits per heavy atom. The number of ether oxygens (including phenoxy) is 3. The number of para-hydroxylation sites is 2. The molecule has 0 saturated heterocycles. The van der Waals surface area contributed by atoms with E-state index in [2.05, 4.69) is 69.3 Å². The average Bonchev–Trinajstić information content (AvgIpc) is 3.29. The number of hydrogen-bond donors (Lipinski definition) is 0. The number of rotatable bonds is 9. The summed E-state index contributed by atoms with van der Waals surface area (Å²) in [6.45, 7) is 8.24. The molecule has 216 valence electrons. The first-order valence-electron chi connectivity index (χ1n) is 15.3. The van der Waals surface area contributed by atoms with Crippen LogP contribution in [0.1, 0.15) is 73.4 Å². The summed E-state index contributed by atoms with van der Waals surface area (Å²) >= 11 is 0. The van der Waals surface area contributed by atoms with E-state index in [0.29, 0.717) is 44.6 Å². The predicted octanol–water partition coefficient (Wildman–Crippen LogP) is 7.90. The van der Waals surface area contributed by atoms with Gasteiger partial charge >= 0.3 is 0 Å². The maximum atomic E-state index is 14.1. The standard InChI is InChI=1S/C37H39NO4/c1-4-18-40-35-26-10-7-11-27(35)22-28-12-8-13-29(36(28)41-19-5-2)23-30-15-16-32-31(37(30)42-20-6-3)24-33-34(39)25(21-26)14-9-17-38(32)33/h7-17,24H,4-6,18-23H2,1-3H3. The highest BCUT2D eigenvalue weighted by Gasteiger charge is 2.21. The molecule has 1 aliphatic carbocycles. The van der Waals surface area contributed by atoms with Gasteiger partial charge in [-0.1, -0.05) is 69.3 Å². The van der Waals surface area contributed by atoms with Crippen LogP contribution in [0, 0.1) is 0 Å². The molecule has 0 spiro atoms. The molecule has 0 aliphatic heterocycles. The minimum Gasteiger partial charge on any atom is -0.493 e. The zero-order valence-corrected chi connectivity index (χ0v) is 24.9. The monoisotopic (exact) mass is 561 g/mol. The molecule has 3 aromatic carbocycles. The van der Waals surface area contributed by atoms with Crippen LogP contribution in [0.15, 0.2) is 77.7 Å². The molecule has 0 unspecified atom stereocenters. The van der Waals surface area contributed by atoms with Gasteiger partial charge in [0.2, 0.25) is 5.43 Å². The van der Waals surface area contributed by atoms with Crippen LogP contribution < -0.4 is 19.6 Å². The Balaban J connectivity index is 1.66. The predicted molar refractivity (Wildman–Crippen MR) is 170 cm³/mol. The fourth-order valence-corrected chi connectivity index (χ4v) is 6.02. The summed E-state index contributed by atoms with van der Waals surface area (Å²) in [7, 11) is 0. The van der Waals surface area contributed by atoms with Crippen molar-refractivity contribution in [3.63, 3.8) is 0 Å². The van der Waals surface area contributed by atoms with Crippen molar-refractivity contribution >= 4 is 16.4 Å². The number of hydrogen-bond acceptors (Lipinski definition) is 4. The second kappa shape index (κ2) is 12.3. The zero-order valence-electron chi connectivity index (χ0n) is 24.9. The highest BCUT2D eigenvalue weighted by molar-refractivity contribution is 5.93. The lowest BCUT2D eigenvalue weighted by Crippen LogP contribution is -2.10. The quantitative estimate of drug-likeness (QED) is 0.180. The second-order valence-electron chi connectivity index (χ2n) is 11.1. The van der Waals surface area contributed by atoms with Gasteiger partial charge in [0.25, 0.3) is 0 Å². The average molecular weight is 562 g/mol. The molecule has 5 nitrogen and oxygen atoms in total. The third-order valence-electron chi connectivity index (χ3n) is 7.96. The largest absolute Gasteiger partial charge is 0.493 e. The van der Waals surface area contributed by atoms with E-state index in [0.717, 1.165) is 80.8 Å². The lowest BCUT2D eigenvalue weighted by Gasteiger charge is -2.20. The number of aromatic nitrogens is 1. The minimum absolute atomic E-state index is 0.0265. The summed E-state index contributed by atoms with van der Waals surface area (Å²) in [6.07, 6.45) is 6.54. The van der Waals surface area contributed by atoms with Crippen molar-refractivity contribution in [2.24, 2.45) is 0 Å². The molecule has 5 aromatic rings. The fraction of sp³-hybridized carbons (Fsp3) is 0.324. The first-order valence-corrected chi connectivity index (χ1v) is 15.3. The lowest BCUT2D eigenvalue weighted by molar-refractivity contribution is 0.307. The molecule has 0 radical (unpaired) electrons. The summed E-state index contributed by atoms with van der Waals surface area (Å²) in [4.78, 5) is 14.1. The molecule has 5 heteroatoms. The maximum absolute atomic E-state index is 14.1. The Labute approximate surface area is 247 Å². The molecule has 2 heterocycles. The molecule has 0 atom stereocenters. The topological polar surface area (TPSA) is 49.2 Å². The van der Waals surface area contributed by atoms with Gasteiger partial charge in [0.15, 0.2) is 0 Å². The van der Waals surface area contributed by atoms with Crippen LogP contribution >= 0.6 is 0 Å². The first kappa shape index (κ1) is 27.9. The van der Waals surface area contributed by atoms with E-state index < -0.39 is 0 Å². The van der Waals surface area contributed by atoms with E-state index in [1.807, 2.05) is 28.8 Å². The van der Waals surface area contributed by atoms with Crippen LogP contribution in [0.4, 0.5) is 0 Å². The van der Waals surface area contributed by atoms with Gasteiger partial charge in [-0.3, -0.25) is 4.79 Å². The van der Waals surface area contributed by atoms with Crippen LogP contribution in [0.25, 0.3) is 16.4 Å². The van der Waals surface area contributed by atoms with Gasteiger partial charge in [0.1, 0.15) is 17.2 Å². The van der Waals surface area contributed by atoms with Crippen molar-refractivity contribution < 1.29 is 14.2 Å². The zero-order chi connectivity index (χ0) is 29.1. The van der Waals surface area contributed by atoms with Crippen molar-refractivity contribution in [2.45, 2.75) is 59.3 Å². The first-order chi connectivity index (χ1) is 20.6. The minimum atomic E-state index is 0.0265. The Bertz CT molecular complexity index is 1800. The van der Waals surface area contributed by atoms with E-state index in [1.165, 1.54) is 0 Å². The molecule has 0 N–H and O–H groups in total. The van der Waals surface area contributed by atoms with Gasteiger partial charge in [0.05, 0.1) is 30.9 Å². The maximum Gasteiger partial charge on any atom is 0.206 e. The third-order valence-corrected chi connectivity index (χ3v) is 7.96. The normalized spacial score (nSPS) is 12.5. The Morgan fingerprint density at radius 3 is 1.60 bits per heavy atom. The van der Waals surface area contributed by atoms with Crippen molar-refractivity contribution in [3.8, 4) is 17.2 Å². The van der Waals surface area contributed by atoms with Gasteiger partial charge in [-0.15, -0.1) is 0 Å². The molecular formula is C37H39NO4. The van der Waals surface area contributed by atoms with E-state index in [-0.39, 0.29) is 5.43 Å². The van der Waals surface area contributed by atoms with Crippen molar-refractivity contribution in [1.82, 2.24) is 4.40 Å². The molecule has 2 aromatic heterocycles. The van der Waals surface area contributed by atoms with Crippen LogP contribution in [0.5, 0.6) is 17.2 Å². The molecule has 8 bridgehead atoms. The number of nitrogens with zero attached hydrogens (tertiary/aromatic N) is 1. The molecule has 0 amide bonds. The Kier molecular flexibility index (Phi) is 8.18. The molecule has 42 heavy (non-hydrogen) atoms. The van der Waals surface area contributed by atoms with Crippen molar-refractivity contribution in [1.29, 1.82) is 0 Å². The van der Waals surface area contributed by atoms with Crippen LogP contribution in [-0.2, 0) is 19.3 Å². The molecule has 0 fully saturated rings. The summed E-state index contributed by atoms with van der Waals surface area (Å²) < 4.78 is 21.4. The Morgan fingerprint density at radius 2 is 1.05 bits per heavy atom. The van der Waals surface area contributed by atoms with Crippen molar-refractivity contribution in [2.75, 3.05) is 19.8 Å². The van der Waals surface area contributed by atoms with Crippen molar-refractivity contribution in [3.05, 3.63) is 117 Å². The van der Waals surface area contributed by atoms with Gasteiger partial charge in [0, 0.05) is 36.4 Å². The highest BCUT2D eigenvalue weighted by atomic mass is 16.5. The smallest absolute Gasteiger partial charge is 0.206 e. The van der Waals surface area contributed by atoms with Gasteiger partial charge in [-0.2, -0.15) is 0 Å². The lowest BCUT2D eigenvalue weighted by atomic mass is 9.94. The highest BCUT2D eigenvalue weighted by Crippen LogP contribution is 2.38. The van der Waals surface area contributed by atoms with Crippen LogP contribution in [0.3, 0.4) is 0 Å². The van der Waals surface area contributed by atoms with Crippen LogP contribution in [-0.4, -0.2) is 24.2 Å². The summed E-state index contributed by atoms with van der Waals surface area (Å²) in [6, 6.07) is 23.0. The van der Waals surface area contributed by atoms with E-state index in [9.17, 15) is 4.79 Å². The molecular weight excluding hydrogens is 522 g/mol.